The minimum atomic E-state index is -0.783. The second kappa shape index (κ2) is 5.16. The molecule has 0 unspecified atom stereocenters. The summed E-state index contributed by atoms with van der Waals surface area (Å²) in [4.78, 5) is 22.0. The summed E-state index contributed by atoms with van der Waals surface area (Å²) in [5.41, 5.74) is 3.37. The van der Waals surface area contributed by atoms with Gasteiger partial charge in [0.25, 0.3) is 0 Å². The van der Waals surface area contributed by atoms with E-state index in [-0.39, 0.29) is 12.2 Å². The van der Waals surface area contributed by atoms with Gasteiger partial charge in [0.05, 0.1) is 0 Å². The minimum absolute atomic E-state index is 0.142. The smallest absolute Gasteiger partial charge is 0.303 e. The third-order valence-electron chi connectivity index (χ3n) is 3.04. The molecule has 2 rings (SSSR count). The van der Waals surface area contributed by atoms with E-state index in [0.717, 1.165) is 21.1 Å². The van der Waals surface area contributed by atoms with E-state index in [2.05, 4.69) is 28.7 Å². The predicted octanol–water partition coefficient (Wildman–Crippen LogP) is 2.37. The van der Waals surface area contributed by atoms with Crippen LogP contribution in [0.25, 0.3) is 0 Å². The number of fused-ring (bicyclic) bond motifs is 1. The summed E-state index contributed by atoms with van der Waals surface area (Å²) in [5, 5.41) is 8.69. The van der Waals surface area contributed by atoms with Crippen molar-refractivity contribution in [2.24, 2.45) is 0 Å². The topological polar surface area (TPSA) is 54.4 Å². The van der Waals surface area contributed by atoms with Gasteiger partial charge in [-0.15, -0.1) is 0 Å². The zero-order valence-corrected chi connectivity index (χ0v) is 11.5. The first-order chi connectivity index (χ1) is 8.06. The highest BCUT2D eigenvalue weighted by Gasteiger charge is 2.17. The lowest BCUT2D eigenvalue weighted by atomic mass is 9.89. The van der Waals surface area contributed by atoms with E-state index < -0.39 is 5.97 Å². The van der Waals surface area contributed by atoms with Crippen LogP contribution in [0.4, 0.5) is 0 Å². The summed E-state index contributed by atoms with van der Waals surface area (Å²) in [6.07, 6.45) is 2.64. The Bertz CT molecular complexity index is 480. The normalized spacial score (nSPS) is 14.5. The minimum Gasteiger partial charge on any atom is -0.481 e. The van der Waals surface area contributed by atoms with Crippen LogP contribution < -0.4 is 0 Å². The standard InChI is InChI=1S/C13H13IO3/c14-12-7-8-1-3-11(15)6-10(8)5-9(12)2-4-13(16)17/h5,7H,1-4,6H2,(H,16,17). The molecule has 0 aliphatic heterocycles. The van der Waals surface area contributed by atoms with E-state index in [1.807, 2.05) is 6.07 Å². The molecule has 1 aromatic rings. The Balaban J connectivity index is 2.25. The molecule has 0 fully saturated rings. The highest BCUT2D eigenvalue weighted by atomic mass is 127. The van der Waals surface area contributed by atoms with Crippen molar-refractivity contribution in [2.75, 3.05) is 0 Å². The third kappa shape index (κ3) is 3.06. The van der Waals surface area contributed by atoms with E-state index in [1.165, 1.54) is 5.56 Å². The average molecular weight is 344 g/mol. The van der Waals surface area contributed by atoms with Gasteiger partial charge >= 0.3 is 5.97 Å². The molecule has 90 valence electrons. The third-order valence-corrected chi connectivity index (χ3v) is 4.04. The molecular formula is C13H13IO3. The Hall–Kier alpha value is -0.910. The maximum absolute atomic E-state index is 11.4. The number of carbonyl (C=O) groups is 2. The van der Waals surface area contributed by atoms with Gasteiger partial charge in [-0.05, 0) is 58.2 Å². The van der Waals surface area contributed by atoms with Gasteiger partial charge in [0.15, 0.2) is 0 Å². The summed E-state index contributed by atoms with van der Waals surface area (Å²) >= 11 is 2.24. The van der Waals surface area contributed by atoms with Crippen LogP contribution in [0.5, 0.6) is 0 Å². The van der Waals surface area contributed by atoms with E-state index in [9.17, 15) is 9.59 Å². The number of carboxylic acid groups (broad SMARTS) is 1. The van der Waals surface area contributed by atoms with E-state index in [1.54, 1.807) is 0 Å². The monoisotopic (exact) mass is 344 g/mol. The molecule has 0 saturated carbocycles. The molecule has 0 aromatic heterocycles. The maximum atomic E-state index is 11.4. The van der Waals surface area contributed by atoms with Crippen molar-refractivity contribution in [2.45, 2.75) is 32.1 Å². The van der Waals surface area contributed by atoms with Gasteiger partial charge in [-0.25, -0.2) is 0 Å². The predicted molar refractivity (Wildman–Crippen MR) is 72.1 cm³/mol. The molecule has 1 N–H and O–H groups in total. The number of carbonyl (C=O) groups excluding carboxylic acids is 1. The SMILES string of the molecule is O=C(O)CCc1cc2c(cc1I)CCC(=O)C2. The Labute approximate surface area is 113 Å². The lowest BCUT2D eigenvalue weighted by Crippen LogP contribution is -2.14. The average Bonchev–Trinajstić information content (AvgIpc) is 2.26. The number of rotatable bonds is 3. The number of benzene rings is 1. The summed E-state index contributed by atoms with van der Waals surface area (Å²) in [6.45, 7) is 0. The fourth-order valence-corrected chi connectivity index (χ4v) is 2.92. The van der Waals surface area contributed by atoms with Crippen LogP contribution in [0.2, 0.25) is 0 Å². The summed E-state index contributed by atoms with van der Waals surface area (Å²) in [6, 6.07) is 4.11. The summed E-state index contributed by atoms with van der Waals surface area (Å²) in [7, 11) is 0. The van der Waals surface area contributed by atoms with Gasteiger partial charge in [0, 0.05) is 22.8 Å². The van der Waals surface area contributed by atoms with Crippen molar-refractivity contribution >= 4 is 34.3 Å². The molecule has 0 heterocycles. The van der Waals surface area contributed by atoms with E-state index >= 15 is 0 Å². The number of ketones is 1. The Morgan fingerprint density at radius 2 is 2.06 bits per heavy atom. The van der Waals surface area contributed by atoms with Gasteiger partial charge in [-0.1, -0.05) is 6.07 Å². The van der Waals surface area contributed by atoms with Crippen molar-refractivity contribution in [3.8, 4) is 0 Å². The van der Waals surface area contributed by atoms with Gasteiger partial charge in [0.2, 0.25) is 0 Å². The quantitative estimate of drug-likeness (QED) is 0.857. The second-order valence-corrected chi connectivity index (χ2v) is 5.48. The number of hydrogen-bond donors (Lipinski definition) is 1. The molecule has 1 aromatic carbocycles. The maximum Gasteiger partial charge on any atom is 0.303 e. The molecule has 0 atom stereocenters. The Morgan fingerprint density at radius 1 is 1.29 bits per heavy atom. The molecule has 1 aliphatic carbocycles. The number of carboxylic acids is 1. The molecule has 17 heavy (non-hydrogen) atoms. The highest BCUT2D eigenvalue weighted by molar-refractivity contribution is 14.1. The first-order valence-electron chi connectivity index (χ1n) is 5.60. The van der Waals surface area contributed by atoms with Gasteiger partial charge < -0.3 is 5.11 Å². The van der Waals surface area contributed by atoms with Crippen LogP contribution in [0.1, 0.15) is 29.5 Å². The number of Topliss-reactive ketones (excluding diaryl/α,β-unsaturated/α-hetero) is 1. The number of aliphatic carboxylic acids is 1. The molecule has 4 heteroatoms. The van der Waals surface area contributed by atoms with Crippen LogP contribution >= 0.6 is 22.6 Å². The van der Waals surface area contributed by atoms with Crippen LogP contribution in [0, 0.1) is 3.57 Å². The fourth-order valence-electron chi connectivity index (χ4n) is 2.12. The molecule has 3 nitrogen and oxygen atoms in total. The van der Waals surface area contributed by atoms with Crippen molar-refractivity contribution in [3.05, 3.63) is 32.4 Å². The van der Waals surface area contributed by atoms with E-state index in [4.69, 9.17) is 5.11 Å². The zero-order chi connectivity index (χ0) is 12.4. The first kappa shape index (κ1) is 12.5. The summed E-state index contributed by atoms with van der Waals surface area (Å²) in [5.74, 6) is -0.502. The molecule has 0 bridgehead atoms. The van der Waals surface area contributed by atoms with Crippen molar-refractivity contribution in [3.63, 3.8) is 0 Å². The number of aryl methyl sites for hydroxylation is 2. The van der Waals surface area contributed by atoms with Gasteiger partial charge in [0.1, 0.15) is 5.78 Å². The molecule has 0 spiro atoms. The Kier molecular flexibility index (Phi) is 3.81. The first-order valence-corrected chi connectivity index (χ1v) is 6.68. The summed E-state index contributed by atoms with van der Waals surface area (Å²) < 4.78 is 1.11. The van der Waals surface area contributed by atoms with Crippen molar-refractivity contribution in [1.82, 2.24) is 0 Å². The lowest BCUT2D eigenvalue weighted by Gasteiger charge is -2.17. The van der Waals surface area contributed by atoms with Crippen LogP contribution in [-0.4, -0.2) is 16.9 Å². The van der Waals surface area contributed by atoms with Crippen LogP contribution in [0.3, 0.4) is 0 Å². The Morgan fingerprint density at radius 3 is 2.76 bits per heavy atom. The lowest BCUT2D eigenvalue weighted by molar-refractivity contribution is -0.137. The van der Waals surface area contributed by atoms with Crippen molar-refractivity contribution in [1.29, 1.82) is 0 Å². The molecular weight excluding hydrogens is 331 g/mol. The van der Waals surface area contributed by atoms with Crippen molar-refractivity contribution < 1.29 is 14.7 Å². The fraction of sp³-hybridized carbons (Fsp3) is 0.385. The number of halogens is 1. The van der Waals surface area contributed by atoms with Crippen LogP contribution in [0.15, 0.2) is 12.1 Å². The van der Waals surface area contributed by atoms with Gasteiger partial charge in [-0.3, -0.25) is 9.59 Å². The molecule has 0 radical (unpaired) electrons. The molecule has 0 amide bonds. The molecule has 0 saturated heterocycles. The highest BCUT2D eigenvalue weighted by Crippen LogP contribution is 2.25. The van der Waals surface area contributed by atoms with Crippen LogP contribution in [-0.2, 0) is 28.9 Å². The van der Waals surface area contributed by atoms with E-state index in [0.29, 0.717) is 19.3 Å². The largest absolute Gasteiger partial charge is 0.481 e. The number of hydrogen-bond acceptors (Lipinski definition) is 2. The second-order valence-electron chi connectivity index (χ2n) is 4.32. The van der Waals surface area contributed by atoms with Gasteiger partial charge in [-0.2, -0.15) is 0 Å². The zero-order valence-electron chi connectivity index (χ0n) is 9.33. The molecule has 1 aliphatic rings.